The maximum Gasteiger partial charge on any atom is 0.329 e. The molecular weight excluding hydrogens is 222 g/mol. The van der Waals surface area contributed by atoms with E-state index in [9.17, 15) is 9.59 Å². The van der Waals surface area contributed by atoms with E-state index in [1.807, 2.05) is 0 Å². The SMILES string of the molecule is COc1ccc(C(C)=NNC(=O)C(N)=O)cc1. The van der Waals surface area contributed by atoms with Gasteiger partial charge in [0.25, 0.3) is 0 Å². The number of ether oxygens (including phenoxy) is 1. The minimum atomic E-state index is -1.07. The minimum absolute atomic E-state index is 0.558. The molecule has 0 aliphatic rings. The van der Waals surface area contributed by atoms with Crippen LogP contribution in [0.1, 0.15) is 12.5 Å². The van der Waals surface area contributed by atoms with Gasteiger partial charge in [-0.3, -0.25) is 9.59 Å². The Hall–Kier alpha value is -2.37. The lowest BCUT2D eigenvalue weighted by molar-refractivity contribution is -0.137. The van der Waals surface area contributed by atoms with Crippen LogP contribution in [-0.2, 0) is 9.59 Å². The van der Waals surface area contributed by atoms with Gasteiger partial charge in [-0.25, -0.2) is 5.43 Å². The zero-order valence-electron chi connectivity index (χ0n) is 9.56. The fourth-order valence-electron chi connectivity index (χ4n) is 1.09. The molecule has 2 amide bonds. The normalized spacial score (nSPS) is 10.8. The van der Waals surface area contributed by atoms with E-state index in [2.05, 4.69) is 10.5 Å². The average Bonchev–Trinajstić information content (AvgIpc) is 2.35. The number of carbonyl (C=O) groups excluding carboxylic acids is 2. The van der Waals surface area contributed by atoms with Crippen molar-refractivity contribution in [2.75, 3.05) is 7.11 Å². The van der Waals surface area contributed by atoms with Gasteiger partial charge < -0.3 is 10.5 Å². The smallest absolute Gasteiger partial charge is 0.329 e. The van der Waals surface area contributed by atoms with E-state index in [1.54, 1.807) is 38.3 Å². The van der Waals surface area contributed by atoms with E-state index in [1.165, 1.54) is 0 Å². The Bertz CT molecular complexity index is 452. The average molecular weight is 235 g/mol. The summed E-state index contributed by atoms with van der Waals surface area (Å²) in [4.78, 5) is 21.3. The third-order valence-electron chi connectivity index (χ3n) is 2.06. The Kier molecular flexibility index (Phi) is 4.21. The molecule has 90 valence electrons. The van der Waals surface area contributed by atoms with Crippen LogP contribution in [-0.4, -0.2) is 24.6 Å². The number of methoxy groups -OCH3 is 1. The van der Waals surface area contributed by atoms with E-state index >= 15 is 0 Å². The van der Waals surface area contributed by atoms with Crippen LogP contribution in [0.15, 0.2) is 29.4 Å². The van der Waals surface area contributed by atoms with Crippen LogP contribution >= 0.6 is 0 Å². The lowest BCUT2D eigenvalue weighted by atomic mass is 10.1. The van der Waals surface area contributed by atoms with Crippen molar-refractivity contribution in [3.8, 4) is 5.75 Å². The summed E-state index contributed by atoms with van der Waals surface area (Å²) in [6.07, 6.45) is 0. The fraction of sp³-hybridized carbons (Fsp3) is 0.182. The minimum Gasteiger partial charge on any atom is -0.497 e. The highest BCUT2D eigenvalue weighted by atomic mass is 16.5. The predicted octanol–water partition coefficient (Wildman–Crippen LogP) is 0.0207. The van der Waals surface area contributed by atoms with Crippen LogP contribution in [0.5, 0.6) is 5.75 Å². The van der Waals surface area contributed by atoms with Crippen LogP contribution < -0.4 is 15.9 Å². The molecule has 0 bridgehead atoms. The molecule has 0 heterocycles. The van der Waals surface area contributed by atoms with Crippen molar-refractivity contribution in [1.29, 1.82) is 0 Å². The lowest BCUT2D eigenvalue weighted by Crippen LogP contribution is -2.33. The monoisotopic (exact) mass is 235 g/mol. The summed E-state index contributed by atoms with van der Waals surface area (Å²) in [6.45, 7) is 1.70. The number of hydrogen-bond donors (Lipinski definition) is 2. The second kappa shape index (κ2) is 5.64. The maximum atomic E-state index is 10.9. The van der Waals surface area contributed by atoms with Gasteiger partial charge in [-0.2, -0.15) is 5.10 Å². The Morgan fingerprint density at radius 1 is 1.29 bits per heavy atom. The molecule has 0 atom stereocenters. The van der Waals surface area contributed by atoms with Crippen molar-refractivity contribution in [3.63, 3.8) is 0 Å². The maximum absolute atomic E-state index is 10.9. The second-order valence-electron chi connectivity index (χ2n) is 3.23. The van der Waals surface area contributed by atoms with Gasteiger partial charge in [-0.05, 0) is 36.8 Å². The molecule has 0 saturated heterocycles. The van der Waals surface area contributed by atoms with Crippen molar-refractivity contribution in [3.05, 3.63) is 29.8 Å². The van der Waals surface area contributed by atoms with Gasteiger partial charge in [-0.1, -0.05) is 0 Å². The number of hydrogen-bond acceptors (Lipinski definition) is 4. The molecule has 3 N–H and O–H groups in total. The van der Waals surface area contributed by atoms with E-state index in [4.69, 9.17) is 10.5 Å². The van der Waals surface area contributed by atoms with Gasteiger partial charge in [0.1, 0.15) is 5.75 Å². The van der Waals surface area contributed by atoms with Gasteiger partial charge in [0.05, 0.1) is 12.8 Å². The van der Waals surface area contributed by atoms with Crippen LogP contribution in [0.2, 0.25) is 0 Å². The molecule has 6 heteroatoms. The molecule has 6 nitrogen and oxygen atoms in total. The Morgan fingerprint density at radius 3 is 2.35 bits per heavy atom. The fourth-order valence-corrected chi connectivity index (χ4v) is 1.09. The molecule has 0 aliphatic heterocycles. The standard InChI is InChI=1S/C11H13N3O3/c1-7(13-14-11(16)10(12)15)8-3-5-9(17-2)6-4-8/h3-6H,1-2H3,(H2,12,15)(H,14,16). The molecule has 0 aliphatic carbocycles. The Balaban J connectivity index is 2.74. The molecule has 17 heavy (non-hydrogen) atoms. The second-order valence-corrected chi connectivity index (χ2v) is 3.23. The van der Waals surface area contributed by atoms with Gasteiger partial charge in [0.2, 0.25) is 0 Å². The first-order valence-electron chi connectivity index (χ1n) is 4.83. The van der Waals surface area contributed by atoms with Gasteiger partial charge in [0.15, 0.2) is 0 Å². The highest BCUT2D eigenvalue weighted by molar-refractivity contribution is 6.34. The van der Waals surface area contributed by atoms with E-state index in [0.29, 0.717) is 5.71 Å². The summed E-state index contributed by atoms with van der Waals surface area (Å²) < 4.78 is 5.01. The summed E-state index contributed by atoms with van der Waals surface area (Å²) in [5.41, 5.74) is 8.17. The Morgan fingerprint density at radius 2 is 1.88 bits per heavy atom. The zero-order chi connectivity index (χ0) is 12.8. The first-order chi connectivity index (χ1) is 8.04. The highest BCUT2D eigenvalue weighted by Gasteiger charge is 2.06. The number of nitrogens with zero attached hydrogens (tertiary/aromatic N) is 1. The van der Waals surface area contributed by atoms with Crippen molar-refractivity contribution >= 4 is 17.5 Å². The lowest BCUT2D eigenvalue weighted by Gasteiger charge is -2.03. The predicted molar refractivity (Wildman–Crippen MR) is 62.5 cm³/mol. The van der Waals surface area contributed by atoms with Gasteiger partial charge >= 0.3 is 11.8 Å². The summed E-state index contributed by atoms with van der Waals surface area (Å²) in [6, 6.07) is 7.11. The quantitative estimate of drug-likeness (QED) is 0.439. The first-order valence-corrected chi connectivity index (χ1v) is 4.83. The van der Waals surface area contributed by atoms with E-state index in [0.717, 1.165) is 11.3 Å². The van der Waals surface area contributed by atoms with Crippen molar-refractivity contribution in [2.24, 2.45) is 10.8 Å². The molecule has 0 radical (unpaired) electrons. The van der Waals surface area contributed by atoms with Crippen LogP contribution in [0, 0.1) is 0 Å². The van der Waals surface area contributed by atoms with Crippen molar-refractivity contribution in [1.82, 2.24) is 5.43 Å². The summed E-state index contributed by atoms with van der Waals surface area (Å²) in [5, 5.41) is 3.75. The first kappa shape index (κ1) is 12.7. The van der Waals surface area contributed by atoms with Crippen molar-refractivity contribution < 1.29 is 14.3 Å². The Labute approximate surface area is 98.4 Å². The summed E-state index contributed by atoms with van der Waals surface area (Å²) in [7, 11) is 1.57. The number of carbonyl (C=O) groups is 2. The summed E-state index contributed by atoms with van der Waals surface area (Å²) in [5.74, 6) is -1.29. The van der Waals surface area contributed by atoms with Crippen LogP contribution in [0.4, 0.5) is 0 Å². The largest absolute Gasteiger partial charge is 0.497 e. The molecular formula is C11H13N3O3. The third kappa shape index (κ3) is 3.60. The number of rotatable bonds is 3. The van der Waals surface area contributed by atoms with Crippen LogP contribution in [0.25, 0.3) is 0 Å². The third-order valence-corrected chi connectivity index (χ3v) is 2.06. The molecule has 0 fully saturated rings. The number of benzene rings is 1. The number of nitrogens with two attached hydrogens (primary N) is 1. The van der Waals surface area contributed by atoms with E-state index in [-0.39, 0.29) is 0 Å². The van der Waals surface area contributed by atoms with Gasteiger partial charge in [-0.15, -0.1) is 0 Å². The van der Waals surface area contributed by atoms with Crippen molar-refractivity contribution in [2.45, 2.75) is 6.92 Å². The van der Waals surface area contributed by atoms with Crippen LogP contribution in [0.3, 0.4) is 0 Å². The number of amides is 2. The zero-order valence-corrected chi connectivity index (χ0v) is 9.56. The van der Waals surface area contributed by atoms with E-state index < -0.39 is 11.8 Å². The number of primary amides is 1. The molecule has 1 aromatic rings. The van der Waals surface area contributed by atoms with Gasteiger partial charge in [0, 0.05) is 0 Å². The molecule has 1 aromatic carbocycles. The molecule has 0 unspecified atom stereocenters. The number of hydrazone groups is 1. The molecule has 0 saturated carbocycles. The molecule has 0 spiro atoms. The summed E-state index contributed by atoms with van der Waals surface area (Å²) >= 11 is 0. The molecule has 0 aromatic heterocycles. The highest BCUT2D eigenvalue weighted by Crippen LogP contribution is 2.11. The molecule has 1 rings (SSSR count). The number of nitrogens with one attached hydrogen (secondary N) is 1. The topological polar surface area (TPSA) is 93.8 Å².